The van der Waals surface area contributed by atoms with Crippen LogP contribution in [0.5, 0.6) is 0 Å². The molecular formula is C18H26N4OS. The summed E-state index contributed by atoms with van der Waals surface area (Å²) >= 11 is 1.47. The Kier molecular flexibility index (Phi) is 5.15. The van der Waals surface area contributed by atoms with Gasteiger partial charge in [-0.3, -0.25) is 9.69 Å². The molecule has 0 bridgehead atoms. The summed E-state index contributed by atoms with van der Waals surface area (Å²) in [5.41, 5.74) is 1.95. The van der Waals surface area contributed by atoms with Crippen LogP contribution in [0.2, 0.25) is 0 Å². The highest BCUT2D eigenvalue weighted by Crippen LogP contribution is 2.31. The third-order valence-electron chi connectivity index (χ3n) is 4.91. The number of nitrogens with one attached hydrogen (secondary N) is 1. The van der Waals surface area contributed by atoms with E-state index in [1.807, 2.05) is 20.8 Å². The number of nitrogens with zero attached hydrogens (tertiary/aromatic N) is 3. The topological polar surface area (TPSA) is 58.1 Å². The molecule has 3 rings (SSSR count). The van der Waals surface area contributed by atoms with Crippen molar-refractivity contribution in [3.8, 4) is 0 Å². The maximum Gasteiger partial charge on any atom is 0.261 e. The standard InChI is InChI=1S/C18H26N4OS/c1-11-7-5-6-9-22(11)10-8-19-17(23)16-12(2)15-13(3)20-14(4)21-18(15)24-16/h11H,5-10H2,1-4H3,(H,19,23)/t11-/m0/s1. The smallest absolute Gasteiger partial charge is 0.261 e. The molecule has 3 heterocycles. The Labute approximate surface area is 147 Å². The number of piperidine rings is 1. The number of hydrogen-bond donors (Lipinski definition) is 1. The zero-order valence-electron chi connectivity index (χ0n) is 15.0. The SMILES string of the molecule is Cc1nc(C)c2c(C)c(C(=O)NCCN3CCCC[C@@H]3C)sc2n1. The maximum absolute atomic E-state index is 12.6. The third-order valence-corrected chi connectivity index (χ3v) is 6.10. The molecule has 1 atom stereocenters. The highest BCUT2D eigenvalue weighted by molar-refractivity contribution is 7.20. The van der Waals surface area contributed by atoms with Gasteiger partial charge in [0.25, 0.3) is 5.91 Å². The van der Waals surface area contributed by atoms with E-state index in [0.29, 0.717) is 12.6 Å². The fourth-order valence-corrected chi connectivity index (χ4v) is 4.77. The van der Waals surface area contributed by atoms with E-state index in [1.54, 1.807) is 0 Å². The molecule has 0 spiro atoms. The minimum atomic E-state index is 0.0113. The number of likely N-dealkylation sites (tertiary alicyclic amines) is 1. The molecule has 1 amide bonds. The fraction of sp³-hybridized carbons (Fsp3) is 0.611. The number of fused-ring (bicyclic) bond motifs is 1. The van der Waals surface area contributed by atoms with Gasteiger partial charge in [-0.25, -0.2) is 9.97 Å². The van der Waals surface area contributed by atoms with E-state index in [4.69, 9.17) is 0 Å². The predicted molar refractivity (Wildman–Crippen MR) is 98.8 cm³/mol. The van der Waals surface area contributed by atoms with Gasteiger partial charge in [0.15, 0.2) is 0 Å². The van der Waals surface area contributed by atoms with Crippen molar-refractivity contribution in [2.24, 2.45) is 0 Å². The molecule has 1 aliphatic heterocycles. The van der Waals surface area contributed by atoms with Crippen LogP contribution >= 0.6 is 11.3 Å². The van der Waals surface area contributed by atoms with Crippen molar-refractivity contribution in [2.75, 3.05) is 19.6 Å². The Morgan fingerprint density at radius 3 is 2.83 bits per heavy atom. The Morgan fingerprint density at radius 2 is 2.08 bits per heavy atom. The first-order valence-corrected chi connectivity index (χ1v) is 9.55. The Hall–Kier alpha value is -1.53. The molecule has 6 heteroatoms. The van der Waals surface area contributed by atoms with Crippen molar-refractivity contribution in [1.82, 2.24) is 20.2 Å². The lowest BCUT2D eigenvalue weighted by atomic mass is 10.0. The van der Waals surface area contributed by atoms with E-state index < -0.39 is 0 Å². The van der Waals surface area contributed by atoms with Gasteiger partial charge in [0.2, 0.25) is 0 Å². The number of carbonyl (C=O) groups is 1. The summed E-state index contributed by atoms with van der Waals surface area (Å²) in [6.45, 7) is 10.9. The molecule has 0 unspecified atom stereocenters. The van der Waals surface area contributed by atoms with Crippen LogP contribution in [0, 0.1) is 20.8 Å². The van der Waals surface area contributed by atoms with E-state index in [-0.39, 0.29) is 5.91 Å². The average molecular weight is 346 g/mol. The molecule has 2 aromatic heterocycles. The predicted octanol–water partition coefficient (Wildman–Crippen LogP) is 3.22. The molecule has 0 aromatic carbocycles. The second-order valence-corrected chi connectivity index (χ2v) is 7.73. The molecule has 0 radical (unpaired) electrons. The van der Waals surface area contributed by atoms with Crippen LogP contribution in [-0.2, 0) is 0 Å². The maximum atomic E-state index is 12.6. The van der Waals surface area contributed by atoms with E-state index in [1.165, 1.54) is 30.6 Å². The van der Waals surface area contributed by atoms with Crippen LogP contribution in [-0.4, -0.2) is 46.5 Å². The molecule has 2 aromatic rings. The summed E-state index contributed by atoms with van der Waals surface area (Å²) in [5, 5.41) is 4.11. The number of amides is 1. The largest absolute Gasteiger partial charge is 0.350 e. The first kappa shape index (κ1) is 17.3. The highest BCUT2D eigenvalue weighted by atomic mass is 32.1. The number of hydrogen-bond acceptors (Lipinski definition) is 5. The molecule has 0 aliphatic carbocycles. The zero-order chi connectivity index (χ0) is 17.3. The summed E-state index contributed by atoms with van der Waals surface area (Å²) in [7, 11) is 0. The van der Waals surface area contributed by atoms with Crippen molar-refractivity contribution >= 4 is 27.5 Å². The Balaban J connectivity index is 1.68. The van der Waals surface area contributed by atoms with Gasteiger partial charge in [-0.1, -0.05) is 6.42 Å². The van der Waals surface area contributed by atoms with Gasteiger partial charge < -0.3 is 5.32 Å². The van der Waals surface area contributed by atoms with Gasteiger partial charge in [0.1, 0.15) is 10.7 Å². The van der Waals surface area contributed by atoms with Crippen LogP contribution in [0.15, 0.2) is 0 Å². The number of rotatable bonds is 4. The molecule has 1 saturated heterocycles. The molecule has 1 fully saturated rings. The van der Waals surface area contributed by atoms with Gasteiger partial charge in [0, 0.05) is 30.2 Å². The van der Waals surface area contributed by atoms with Gasteiger partial charge in [-0.05, 0) is 52.6 Å². The van der Waals surface area contributed by atoms with Crippen LogP contribution in [0.3, 0.4) is 0 Å². The third kappa shape index (κ3) is 3.44. The Bertz CT molecular complexity index is 755. The molecule has 24 heavy (non-hydrogen) atoms. The summed E-state index contributed by atoms with van der Waals surface area (Å²) in [6, 6.07) is 0.627. The first-order valence-electron chi connectivity index (χ1n) is 8.74. The number of aryl methyl sites for hydroxylation is 3. The van der Waals surface area contributed by atoms with Gasteiger partial charge in [-0.15, -0.1) is 11.3 Å². The van der Waals surface area contributed by atoms with Gasteiger partial charge >= 0.3 is 0 Å². The van der Waals surface area contributed by atoms with Crippen molar-refractivity contribution in [2.45, 2.75) is 53.0 Å². The monoisotopic (exact) mass is 346 g/mol. The zero-order valence-corrected chi connectivity index (χ0v) is 15.8. The molecular weight excluding hydrogens is 320 g/mol. The summed E-state index contributed by atoms with van der Waals surface area (Å²) < 4.78 is 0. The van der Waals surface area contributed by atoms with E-state index in [0.717, 1.165) is 45.3 Å². The van der Waals surface area contributed by atoms with E-state index >= 15 is 0 Å². The molecule has 0 saturated carbocycles. The lowest BCUT2D eigenvalue weighted by molar-refractivity contribution is 0.0942. The van der Waals surface area contributed by atoms with Crippen molar-refractivity contribution in [3.05, 3.63) is 22.0 Å². The minimum Gasteiger partial charge on any atom is -0.350 e. The number of aromatic nitrogens is 2. The second-order valence-electron chi connectivity index (χ2n) is 6.73. The summed E-state index contributed by atoms with van der Waals surface area (Å²) in [6.07, 6.45) is 3.86. The van der Waals surface area contributed by atoms with Crippen molar-refractivity contribution in [1.29, 1.82) is 0 Å². The Morgan fingerprint density at radius 1 is 1.29 bits per heavy atom. The molecule has 5 nitrogen and oxygen atoms in total. The average Bonchev–Trinajstić information content (AvgIpc) is 2.86. The van der Waals surface area contributed by atoms with Gasteiger partial charge in [0.05, 0.1) is 4.88 Å². The minimum absolute atomic E-state index is 0.0113. The number of thiophene rings is 1. The van der Waals surface area contributed by atoms with Crippen molar-refractivity contribution < 1.29 is 4.79 Å². The van der Waals surface area contributed by atoms with Gasteiger partial charge in [-0.2, -0.15) is 0 Å². The second kappa shape index (κ2) is 7.15. The lowest BCUT2D eigenvalue weighted by Crippen LogP contribution is -2.42. The summed E-state index contributed by atoms with van der Waals surface area (Å²) in [4.78, 5) is 25.6. The molecule has 1 aliphatic rings. The quantitative estimate of drug-likeness (QED) is 0.923. The summed E-state index contributed by atoms with van der Waals surface area (Å²) in [5.74, 6) is 0.768. The van der Waals surface area contributed by atoms with E-state index in [9.17, 15) is 4.79 Å². The van der Waals surface area contributed by atoms with Crippen molar-refractivity contribution in [3.63, 3.8) is 0 Å². The molecule has 130 valence electrons. The highest BCUT2D eigenvalue weighted by Gasteiger charge is 2.20. The lowest BCUT2D eigenvalue weighted by Gasteiger charge is -2.33. The number of carbonyl (C=O) groups excluding carboxylic acids is 1. The first-order chi connectivity index (χ1) is 11.5. The normalized spacial score (nSPS) is 18.9. The van der Waals surface area contributed by atoms with Crippen LogP contribution < -0.4 is 5.32 Å². The van der Waals surface area contributed by atoms with Crippen LogP contribution in [0.1, 0.15) is 52.9 Å². The van der Waals surface area contributed by atoms with Crippen LogP contribution in [0.4, 0.5) is 0 Å². The fourth-order valence-electron chi connectivity index (χ4n) is 3.57. The molecule has 1 N–H and O–H groups in total. The van der Waals surface area contributed by atoms with E-state index in [2.05, 4.69) is 27.1 Å². The van der Waals surface area contributed by atoms with Crippen LogP contribution in [0.25, 0.3) is 10.2 Å².